The van der Waals surface area contributed by atoms with Crippen molar-refractivity contribution >= 4 is 0 Å². The molecule has 0 aromatic heterocycles. The Balaban J connectivity index is 2.43. The molecule has 1 aromatic carbocycles. The highest BCUT2D eigenvalue weighted by Crippen LogP contribution is 2.21. The molecular weight excluding hydrogens is 250 g/mol. The van der Waals surface area contributed by atoms with Crippen LogP contribution in [0.1, 0.15) is 51.5 Å². The van der Waals surface area contributed by atoms with E-state index in [1.807, 2.05) is 19.2 Å². The van der Waals surface area contributed by atoms with Gasteiger partial charge in [-0.3, -0.25) is 0 Å². The van der Waals surface area contributed by atoms with Gasteiger partial charge in [0.25, 0.3) is 0 Å². The van der Waals surface area contributed by atoms with E-state index in [4.69, 9.17) is 4.74 Å². The summed E-state index contributed by atoms with van der Waals surface area (Å²) >= 11 is 0. The third kappa shape index (κ3) is 4.80. The molecule has 0 saturated carbocycles. The Morgan fingerprint density at radius 1 is 1.35 bits per heavy atom. The van der Waals surface area contributed by atoms with E-state index in [2.05, 4.69) is 38.2 Å². The summed E-state index contributed by atoms with van der Waals surface area (Å²) in [6.07, 6.45) is 2.77. The first-order chi connectivity index (χ1) is 9.56. The van der Waals surface area contributed by atoms with Crippen molar-refractivity contribution in [3.05, 3.63) is 29.8 Å². The molecule has 1 aromatic rings. The summed E-state index contributed by atoms with van der Waals surface area (Å²) in [6, 6.07) is 8.29. The van der Waals surface area contributed by atoms with Gasteiger partial charge in [-0.15, -0.1) is 0 Å². The minimum atomic E-state index is -0.164. The standard InChI is InChI=1S/C17H29NO2/c1-5-17(13-19,18-4)10-7-11-20-16-9-6-8-15(12-16)14(2)3/h6,8-9,12,14,18-19H,5,7,10-11,13H2,1-4H3. The van der Waals surface area contributed by atoms with Crippen molar-refractivity contribution in [2.45, 2.75) is 51.5 Å². The normalized spacial score (nSPS) is 14.3. The van der Waals surface area contributed by atoms with Crippen LogP contribution in [0.4, 0.5) is 0 Å². The van der Waals surface area contributed by atoms with E-state index < -0.39 is 0 Å². The number of rotatable bonds is 9. The third-order valence-corrected chi connectivity index (χ3v) is 4.10. The summed E-state index contributed by atoms with van der Waals surface area (Å²) < 4.78 is 5.82. The molecule has 3 heteroatoms. The highest BCUT2D eigenvalue weighted by Gasteiger charge is 2.24. The summed E-state index contributed by atoms with van der Waals surface area (Å²) in [5.41, 5.74) is 1.14. The lowest BCUT2D eigenvalue weighted by Gasteiger charge is -2.30. The SMILES string of the molecule is CCC(CO)(CCCOc1cccc(C(C)C)c1)NC. The van der Waals surface area contributed by atoms with Gasteiger partial charge in [0.1, 0.15) is 5.75 Å². The van der Waals surface area contributed by atoms with Crippen LogP contribution in [-0.2, 0) is 0 Å². The quantitative estimate of drug-likeness (QED) is 0.681. The molecule has 1 unspecified atom stereocenters. The highest BCUT2D eigenvalue weighted by molar-refractivity contribution is 5.30. The fraction of sp³-hybridized carbons (Fsp3) is 0.647. The van der Waals surface area contributed by atoms with E-state index in [1.165, 1.54) is 5.56 Å². The zero-order valence-corrected chi connectivity index (χ0v) is 13.3. The topological polar surface area (TPSA) is 41.5 Å². The predicted molar refractivity (Wildman–Crippen MR) is 84.4 cm³/mol. The molecule has 1 rings (SSSR count). The van der Waals surface area contributed by atoms with E-state index in [1.54, 1.807) is 0 Å². The average molecular weight is 279 g/mol. The van der Waals surface area contributed by atoms with Gasteiger partial charge >= 0.3 is 0 Å². The molecule has 0 aliphatic carbocycles. The molecule has 0 heterocycles. The number of aliphatic hydroxyl groups excluding tert-OH is 1. The van der Waals surface area contributed by atoms with Crippen molar-refractivity contribution in [3.63, 3.8) is 0 Å². The Hall–Kier alpha value is -1.06. The Morgan fingerprint density at radius 2 is 2.10 bits per heavy atom. The van der Waals surface area contributed by atoms with Gasteiger partial charge < -0.3 is 15.2 Å². The minimum absolute atomic E-state index is 0.164. The Labute approximate surface area is 123 Å². The highest BCUT2D eigenvalue weighted by atomic mass is 16.5. The molecule has 2 N–H and O–H groups in total. The number of hydrogen-bond donors (Lipinski definition) is 2. The fourth-order valence-corrected chi connectivity index (χ4v) is 2.31. The van der Waals surface area contributed by atoms with E-state index in [0.29, 0.717) is 12.5 Å². The van der Waals surface area contributed by atoms with Gasteiger partial charge in [-0.2, -0.15) is 0 Å². The largest absolute Gasteiger partial charge is 0.494 e. The second-order valence-electron chi connectivity index (χ2n) is 5.72. The first kappa shape index (κ1) is 17.0. The molecule has 0 bridgehead atoms. The molecule has 0 aliphatic rings. The van der Waals surface area contributed by atoms with Crippen molar-refractivity contribution in [1.29, 1.82) is 0 Å². The molecule has 0 spiro atoms. The number of hydrogen-bond acceptors (Lipinski definition) is 3. The minimum Gasteiger partial charge on any atom is -0.494 e. The first-order valence-electron chi connectivity index (χ1n) is 7.59. The van der Waals surface area contributed by atoms with Gasteiger partial charge in [0.2, 0.25) is 0 Å². The summed E-state index contributed by atoms with van der Waals surface area (Å²) in [5, 5.41) is 12.7. The molecule has 0 fully saturated rings. The zero-order chi connectivity index (χ0) is 15.0. The van der Waals surface area contributed by atoms with Gasteiger partial charge in [-0.1, -0.05) is 32.9 Å². The molecular formula is C17H29NO2. The maximum absolute atomic E-state index is 9.49. The van der Waals surface area contributed by atoms with Gasteiger partial charge in [0.05, 0.1) is 13.2 Å². The number of nitrogens with one attached hydrogen (secondary N) is 1. The van der Waals surface area contributed by atoms with Gasteiger partial charge in [-0.05, 0) is 49.9 Å². The molecule has 20 heavy (non-hydrogen) atoms. The lowest BCUT2D eigenvalue weighted by Crippen LogP contribution is -2.46. The van der Waals surface area contributed by atoms with Crippen molar-refractivity contribution in [2.75, 3.05) is 20.3 Å². The lowest BCUT2D eigenvalue weighted by molar-refractivity contribution is 0.145. The maximum Gasteiger partial charge on any atom is 0.119 e. The Bertz CT molecular complexity index is 378. The van der Waals surface area contributed by atoms with Crippen LogP contribution in [0.15, 0.2) is 24.3 Å². The lowest BCUT2D eigenvalue weighted by atomic mass is 9.92. The van der Waals surface area contributed by atoms with E-state index in [9.17, 15) is 5.11 Å². The van der Waals surface area contributed by atoms with Crippen molar-refractivity contribution in [3.8, 4) is 5.75 Å². The predicted octanol–water partition coefficient (Wildman–Crippen LogP) is 3.33. The number of ether oxygens (including phenoxy) is 1. The maximum atomic E-state index is 9.49. The van der Waals surface area contributed by atoms with Crippen LogP contribution in [0.25, 0.3) is 0 Å². The second-order valence-corrected chi connectivity index (χ2v) is 5.72. The van der Waals surface area contributed by atoms with Crippen LogP contribution < -0.4 is 10.1 Å². The molecule has 114 valence electrons. The van der Waals surface area contributed by atoms with Crippen LogP contribution in [0.3, 0.4) is 0 Å². The van der Waals surface area contributed by atoms with Crippen LogP contribution in [0, 0.1) is 0 Å². The summed E-state index contributed by atoms with van der Waals surface area (Å²) in [6.45, 7) is 7.32. The Morgan fingerprint density at radius 3 is 2.65 bits per heavy atom. The van der Waals surface area contributed by atoms with Crippen LogP contribution >= 0.6 is 0 Å². The van der Waals surface area contributed by atoms with Crippen molar-refractivity contribution in [2.24, 2.45) is 0 Å². The molecule has 0 radical (unpaired) electrons. The van der Waals surface area contributed by atoms with E-state index in [-0.39, 0.29) is 12.1 Å². The van der Waals surface area contributed by atoms with Gasteiger partial charge in [0.15, 0.2) is 0 Å². The number of likely N-dealkylation sites (N-methyl/N-ethyl adjacent to an activating group) is 1. The van der Waals surface area contributed by atoms with Crippen molar-refractivity contribution < 1.29 is 9.84 Å². The fourth-order valence-electron chi connectivity index (χ4n) is 2.31. The summed E-state index contributed by atoms with van der Waals surface area (Å²) in [4.78, 5) is 0. The van der Waals surface area contributed by atoms with Crippen LogP contribution in [0.5, 0.6) is 5.75 Å². The van der Waals surface area contributed by atoms with E-state index >= 15 is 0 Å². The molecule has 0 amide bonds. The molecule has 0 aliphatic heterocycles. The average Bonchev–Trinajstić information content (AvgIpc) is 2.48. The monoisotopic (exact) mass is 279 g/mol. The van der Waals surface area contributed by atoms with Gasteiger partial charge in [0, 0.05) is 5.54 Å². The second kappa shape index (κ2) is 8.28. The van der Waals surface area contributed by atoms with Crippen LogP contribution in [0.2, 0.25) is 0 Å². The Kier molecular flexibility index (Phi) is 7.03. The molecule has 3 nitrogen and oxygen atoms in total. The summed E-state index contributed by atoms with van der Waals surface area (Å²) in [5.74, 6) is 1.46. The third-order valence-electron chi connectivity index (χ3n) is 4.10. The van der Waals surface area contributed by atoms with E-state index in [0.717, 1.165) is 25.0 Å². The van der Waals surface area contributed by atoms with Crippen LogP contribution in [-0.4, -0.2) is 30.9 Å². The van der Waals surface area contributed by atoms with Crippen molar-refractivity contribution in [1.82, 2.24) is 5.32 Å². The molecule has 0 saturated heterocycles. The van der Waals surface area contributed by atoms with Gasteiger partial charge in [-0.25, -0.2) is 0 Å². The summed E-state index contributed by atoms with van der Waals surface area (Å²) in [7, 11) is 1.91. The number of aliphatic hydroxyl groups is 1. The smallest absolute Gasteiger partial charge is 0.119 e. The first-order valence-corrected chi connectivity index (χ1v) is 7.59. The molecule has 1 atom stereocenters. The zero-order valence-electron chi connectivity index (χ0n) is 13.3. The number of benzene rings is 1.